The monoisotopic (exact) mass is 296 g/mol. The number of carbonyl (C=O) groups is 2. The van der Waals surface area contributed by atoms with Crippen molar-refractivity contribution in [2.45, 2.75) is 6.42 Å². The number of benzene rings is 1. The van der Waals surface area contributed by atoms with Crippen molar-refractivity contribution in [2.75, 3.05) is 0 Å². The van der Waals surface area contributed by atoms with E-state index in [0.717, 1.165) is 0 Å². The zero-order chi connectivity index (χ0) is 12.5. The van der Waals surface area contributed by atoms with Crippen molar-refractivity contribution >= 4 is 27.7 Å². The SMILES string of the molecule is O=C(O)CC(=O)c1cc(F)c(Br)c(F)c1F. The van der Waals surface area contributed by atoms with Gasteiger partial charge in [0.25, 0.3) is 0 Å². The van der Waals surface area contributed by atoms with Gasteiger partial charge in [-0.05, 0) is 22.0 Å². The van der Waals surface area contributed by atoms with Gasteiger partial charge < -0.3 is 5.11 Å². The molecule has 0 atom stereocenters. The highest BCUT2D eigenvalue weighted by molar-refractivity contribution is 9.10. The molecule has 0 unspecified atom stereocenters. The van der Waals surface area contributed by atoms with Crippen LogP contribution in [0.25, 0.3) is 0 Å². The Morgan fingerprint density at radius 1 is 1.25 bits per heavy atom. The van der Waals surface area contributed by atoms with Crippen LogP contribution in [0.1, 0.15) is 16.8 Å². The molecule has 0 aromatic heterocycles. The number of rotatable bonds is 3. The molecule has 0 heterocycles. The quantitative estimate of drug-likeness (QED) is 0.404. The van der Waals surface area contributed by atoms with Crippen LogP contribution in [0.2, 0.25) is 0 Å². The third-order valence-electron chi connectivity index (χ3n) is 1.71. The van der Waals surface area contributed by atoms with Gasteiger partial charge >= 0.3 is 5.97 Å². The second-order valence-corrected chi connectivity index (χ2v) is 3.63. The maximum absolute atomic E-state index is 13.2. The summed E-state index contributed by atoms with van der Waals surface area (Å²) < 4.78 is 38.4. The van der Waals surface area contributed by atoms with E-state index < -0.39 is 45.7 Å². The molecule has 0 saturated heterocycles. The van der Waals surface area contributed by atoms with Crippen LogP contribution in [-0.2, 0) is 4.79 Å². The Morgan fingerprint density at radius 3 is 2.31 bits per heavy atom. The van der Waals surface area contributed by atoms with Gasteiger partial charge in [0.15, 0.2) is 17.4 Å². The molecule has 1 aromatic carbocycles. The summed E-state index contributed by atoms with van der Waals surface area (Å²) in [5, 5.41) is 8.29. The standard InChI is InChI=1S/C9H4BrF3O3/c10-7-4(11)1-3(8(12)9(7)13)5(14)2-6(15)16/h1H,2H2,(H,15,16). The Hall–Kier alpha value is -1.37. The Bertz CT molecular complexity index is 474. The van der Waals surface area contributed by atoms with Gasteiger partial charge in [-0.25, -0.2) is 13.2 Å². The number of Topliss-reactive ketones (excluding diaryl/α,β-unsaturated/α-hetero) is 1. The third kappa shape index (κ3) is 2.41. The number of hydrogen-bond donors (Lipinski definition) is 1. The first-order valence-corrected chi connectivity index (χ1v) is 4.72. The fraction of sp³-hybridized carbons (Fsp3) is 0.111. The minimum absolute atomic E-state index is 0.452. The minimum Gasteiger partial charge on any atom is -0.481 e. The molecule has 0 spiro atoms. The molecule has 3 nitrogen and oxygen atoms in total. The fourth-order valence-corrected chi connectivity index (χ4v) is 1.30. The molecular formula is C9H4BrF3O3. The summed E-state index contributed by atoms with van der Waals surface area (Å²) in [4.78, 5) is 21.3. The van der Waals surface area contributed by atoms with Crippen molar-refractivity contribution < 1.29 is 27.9 Å². The summed E-state index contributed by atoms with van der Waals surface area (Å²) in [6.07, 6.45) is -1.03. The van der Waals surface area contributed by atoms with Crippen LogP contribution >= 0.6 is 15.9 Å². The molecule has 1 rings (SSSR count). The van der Waals surface area contributed by atoms with E-state index >= 15 is 0 Å². The Labute approximate surface area is 96.0 Å². The highest BCUT2D eigenvalue weighted by Crippen LogP contribution is 2.25. The number of ketones is 1. The molecule has 7 heteroatoms. The molecule has 0 radical (unpaired) electrons. The summed E-state index contributed by atoms with van der Waals surface area (Å²) in [7, 11) is 0. The van der Waals surface area contributed by atoms with Gasteiger partial charge in [0, 0.05) is 0 Å². The zero-order valence-corrected chi connectivity index (χ0v) is 9.15. The second-order valence-electron chi connectivity index (χ2n) is 2.84. The number of hydrogen-bond acceptors (Lipinski definition) is 2. The highest BCUT2D eigenvalue weighted by Gasteiger charge is 2.22. The molecule has 0 fully saturated rings. The normalized spacial score (nSPS) is 10.2. The highest BCUT2D eigenvalue weighted by atomic mass is 79.9. The lowest BCUT2D eigenvalue weighted by atomic mass is 10.1. The van der Waals surface area contributed by atoms with Gasteiger partial charge in [0.05, 0.1) is 10.0 Å². The third-order valence-corrected chi connectivity index (χ3v) is 2.44. The van der Waals surface area contributed by atoms with E-state index in [-0.39, 0.29) is 0 Å². The second kappa shape index (κ2) is 4.65. The lowest BCUT2D eigenvalue weighted by Crippen LogP contribution is -2.11. The lowest BCUT2D eigenvalue weighted by molar-refractivity contribution is -0.135. The average Bonchev–Trinajstić information content (AvgIpc) is 2.19. The topological polar surface area (TPSA) is 54.4 Å². The number of carboxylic acid groups (broad SMARTS) is 1. The van der Waals surface area contributed by atoms with Crippen molar-refractivity contribution in [3.8, 4) is 0 Å². The average molecular weight is 297 g/mol. The van der Waals surface area contributed by atoms with Gasteiger partial charge in [-0.1, -0.05) is 0 Å². The molecule has 0 amide bonds. The molecule has 1 N–H and O–H groups in total. The summed E-state index contributed by atoms with van der Waals surface area (Å²) in [5.41, 5.74) is -0.916. The van der Waals surface area contributed by atoms with Crippen LogP contribution in [0.5, 0.6) is 0 Å². The number of aliphatic carboxylic acids is 1. The molecule has 0 aliphatic carbocycles. The smallest absolute Gasteiger partial charge is 0.311 e. The van der Waals surface area contributed by atoms with Crippen LogP contribution in [0.15, 0.2) is 10.5 Å². The van der Waals surface area contributed by atoms with Crippen LogP contribution in [0, 0.1) is 17.5 Å². The fourth-order valence-electron chi connectivity index (χ4n) is 1.01. The molecule has 16 heavy (non-hydrogen) atoms. The Balaban J connectivity index is 3.25. The Morgan fingerprint density at radius 2 is 1.81 bits per heavy atom. The minimum atomic E-state index is -1.57. The predicted octanol–water partition coefficient (Wildman–Crippen LogP) is 2.52. The van der Waals surface area contributed by atoms with Crippen LogP contribution in [0.3, 0.4) is 0 Å². The summed E-state index contributed by atoms with van der Waals surface area (Å²) in [6.45, 7) is 0. The lowest BCUT2D eigenvalue weighted by Gasteiger charge is -2.04. The molecule has 0 bridgehead atoms. The molecule has 0 aliphatic heterocycles. The van der Waals surface area contributed by atoms with E-state index in [0.29, 0.717) is 6.07 Å². The Kier molecular flexibility index (Phi) is 3.69. The van der Waals surface area contributed by atoms with Gasteiger partial charge in [-0.3, -0.25) is 9.59 Å². The van der Waals surface area contributed by atoms with Gasteiger partial charge in [-0.15, -0.1) is 0 Å². The maximum atomic E-state index is 13.2. The largest absolute Gasteiger partial charge is 0.481 e. The van der Waals surface area contributed by atoms with Gasteiger partial charge in [-0.2, -0.15) is 0 Å². The van der Waals surface area contributed by atoms with E-state index in [1.54, 1.807) is 0 Å². The maximum Gasteiger partial charge on any atom is 0.311 e. The van der Waals surface area contributed by atoms with E-state index in [9.17, 15) is 22.8 Å². The first-order valence-electron chi connectivity index (χ1n) is 3.92. The van der Waals surface area contributed by atoms with Gasteiger partial charge in [0.1, 0.15) is 12.2 Å². The predicted molar refractivity (Wildman–Crippen MR) is 50.6 cm³/mol. The van der Waals surface area contributed by atoms with Gasteiger partial charge in [0.2, 0.25) is 0 Å². The van der Waals surface area contributed by atoms with Crippen LogP contribution in [0.4, 0.5) is 13.2 Å². The van der Waals surface area contributed by atoms with Crippen molar-refractivity contribution in [2.24, 2.45) is 0 Å². The summed E-state index contributed by atoms with van der Waals surface area (Å²) >= 11 is 2.45. The number of carboxylic acids is 1. The van der Waals surface area contributed by atoms with Crippen molar-refractivity contribution in [3.63, 3.8) is 0 Å². The van der Waals surface area contributed by atoms with Crippen molar-refractivity contribution in [1.29, 1.82) is 0 Å². The van der Waals surface area contributed by atoms with E-state index in [2.05, 4.69) is 15.9 Å². The summed E-state index contributed by atoms with van der Waals surface area (Å²) in [6, 6.07) is 0.452. The van der Waals surface area contributed by atoms with Crippen LogP contribution in [-0.4, -0.2) is 16.9 Å². The van der Waals surface area contributed by atoms with E-state index in [4.69, 9.17) is 5.11 Å². The van der Waals surface area contributed by atoms with Crippen LogP contribution < -0.4 is 0 Å². The van der Waals surface area contributed by atoms with Crippen molar-refractivity contribution in [3.05, 3.63) is 33.6 Å². The number of halogens is 4. The first kappa shape index (κ1) is 12.7. The van der Waals surface area contributed by atoms with E-state index in [1.165, 1.54) is 0 Å². The summed E-state index contributed by atoms with van der Waals surface area (Å²) in [5.74, 6) is -7.01. The molecule has 1 aromatic rings. The molecule has 0 aliphatic rings. The van der Waals surface area contributed by atoms with E-state index in [1.807, 2.05) is 0 Å². The first-order chi connectivity index (χ1) is 7.34. The molecular weight excluding hydrogens is 293 g/mol. The van der Waals surface area contributed by atoms with Crippen molar-refractivity contribution in [1.82, 2.24) is 0 Å². The number of carbonyl (C=O) groups excluding carboxylic acids is 1. The zero-order valence-electron chi connectivity index (χ0n) is 7.56. The molecule has 86 valence electrons. The molecule has 0 saturated carbocycles.